The molecule has 0 saturated heterocycles. The van der Waals surface area contributed by atoms with Gasteiger partial charge < -0.3 is 4.74 Å². The molecule has 3 rings (SSSR count). The number of rotatable bonds is 2. The van der Waals surface area contributed by atoms with Crippen molar-refractivity contribution >= 4 is 17.1 Å². The van der Waals surface area contributed by atoms with Crippen molar-refractivity contribution in [2.75, 3.05) is 0 Å². The van der Waals surface area contributed by atoms with Gasteiger partial charge in [0, 0.05) is 11.8 Å². The summed E-state index contributed by atoms with van der Waals surface area (Å²) in [4.78, 5) is 4.12. The molecule has 2 heterocycles. The van der Waals surface area contributed by atoms with Gasteiger partial charge in [-0.3, -0.25) is 0 Å². The molecule has 0 saturated carbocycles. The van der Waals surface area contributed by atoms with Gasteiger partial charge in [-0.2, -0.15) is 0 Å². The van der Waals surface area contributed by atoms with Gasteiger partial charge in [0.1, 0.15) is 5.75 Å². The zero-order valence-electron chi connectivity index (χ0n) is 10.3. The smallest absolute Gasteiger partial charge is 0.406 e. The third-order valence-electron chi connectivity index (χ3n) is 2.73. The molecule has 108 valence electrons. The average molecular weight is 314 g/mol. The molecule has 0 aliphatic carbocycles. The Morgan fingerprint density at radius 1 is 1.10 bits per heavy atom. The molecule has 0 radical (unpaired) electrons. The number of hydrogen-bond acceptors (Lipinski definition) is 3. The van der Waals surface area contributed by atoms with Crippen molar-refractivity contribution in [1.29, 1.82) is 0 Å². The normalized spacial score (nSPS) is 11.8. The summed E-state index contributed by atoms with van der Waals surface area (Å²) >= 11 is 5.83. The van der Waals surface area contributed by atoms with Crippen LogP contribution in [-0.4, -0.2) is 21.0 Å². The van der Waals surface area contributed by atoms with Gasteiger partial charge in [-0.15, -0.1) is 18.3 Å². The van der Waals surface area contributed by atoms with Crippen LogP contribution >= 0.6 is 11.6 Å². The second-order valence-corrected chi connectivity index (χ2v) is 4.48. The lowest BCUT2D eigenvalue weighted by molar-refractivity contribution is -0.274. The Labute approximate surface area is 121 Å². The summed E-state index contributed by atoms with van der Waals surface area (Å²) in [5.41, 5.74) is 1.83. The van der Waals surface area contributed by atoms with E-state index in [9.17, 15) is 13.2 Å². The van der Waals surface area contributed by atoms with Gasteiger partial charge >= 0.3 is 6.36 Å². The lowest BCUT2D eigenvalue weighted by Crippen LogP contribution is -2.16. The second kappa shape index (κ2) is 4.92. The van der Waals surface area contributed by atoms with Crippen molar-refractivity contribution in [2.24, 2.45) is 0 Å². The summed E-state index contributed by atoms with van der Waals surface area (Å²) < 4.78 is 41.7. The van der Waals surface area contributed by atoms with Crippen molar-refractivity contribution in [3.8, 4) is 17.0 Å². The van der Waals surface area contributed by atoms with E-state index in [1.54, 1.807) is 22.8 Å². The van der Waals surface area contributed by atoms with E-state index >= 15 is 0 Å². The molecule has 0 unspecified atom stereocenters. The number of halogens is 4. The summed E-state index contributed by atoms with van der Waals surface area (Å²) in [6, 6.07) is 8.95. The highest BCUT2D eigenvalue weighted by molar-refractivity contribution is 6.28. The van der Waals surface area contributed by atoms with E-state index in [4.69, 9.17) is 11.6 Å². The third kappa shape index (κ3) is 2.92. The molecule has 8 heteroatoms. The summed E-state index contributed by atoms with van der Waals surface area (Å²) in [5.74, 6) is -0.294. The highest BCUT2D eigenvalue weighted by Crippen LogP contribution is 2.28. The van der Waals surface area contributed by atoms with Gasteiger partial charge in [0.05, 0.1) is 11.2 Å². The van der Waals surface area contributed by atoms with Crippen molar-refractivity contribution in [3.05, 3.63) is 47.9 Å². The van der Waals surface area contributed by atoms with Gasteiger partial charge in [0.15, 0.2) is 0 Å². The Hall–Kier alpha value is -2.28. The second-order valence-electron chi connectivity index (χ2n) is 4.14. The van der Waals surface area contributed by atoms with Crippen molar-refractivity contribution in [2.45, 2.75) is 6.36 Å². The van der Waals surface area contributed by atoms with E-state index < -0.39 is 6.36 Å². The molecule has 3 aromatic rings. The van der Waals surface area contributed by atoms with Crippen LogP contribution in [0.1, 0.15) is 0 Å². The van der Waals surface area contributed by atoms with Gasteiger partial charge in [0.25, 0.3) is 0 Å². The molecule has 0 atom stereocenters. The first-order chi connectivity index (χ1) is 9.92. The summed E-state index contributed by atoms with van der Waals surface area (Å²) in [6.07, 6.45) is -3.01. The number of benzene rings is 1. The number of alkyl halides is 3. The van der Waals surface area contributed by atoms with Gasteiger partial charge in [-0.05, 0) is 48.0 Å². The first kappa shape index (κ1) is 13.7. The molecule has 0 aliphatic rings. The predicted molar refractivity (Wildman–Crippen MR) is 70.1 cm³/mol. The van der Waals surface area contributed by atoms with E-state index in [2.05, 4.69) is 14.8 Å². The van der Waals surface area contributed by atoms with Gasteiger partial charge in [-0.1, -0.05) is 0 Å². The number of nitrogens with zero attached hydrogens (tertiary/aromatic N) is 3. The van der Waals surface area contributed by atoms with Crippen LogP contribution in [-0.2, 0) is 0 Å². The summed E-state index contributed by atoms with van der Waals surface area (Å²) in [7, 11) is 0. The van der Waals surface area contributed by atoms with Gasteiger partial charge in [-0.25, -0.2) is 9.50 Å². The van der Waals surface area contributed by atoms with Crippen molar-refractivity contribution in [3.63, 3.8) is 0 Å². The standard InChI is InChI=1S/C13H7ClF3N3O/c14-12-18-11(10-2-1-7-20(10)19-12)8-3-5-9(6-4-8)21-13(15,16)17/h1-7H. The van der Waals surface area contributed by atoms with Crippen LogP contribution in [0.3, 0.4) is 0 Å². The molecular formula is C13H7ClF3N3O. The number of fused-ring (bicyclic) bond motifs is 1. The van der Waals surface area contributed by atoms with E-state index in [0.29, 0.717) is 16.8 Å². The molecule has 0 N–H and O–H groups in total. The third-order valence-corrected chi connectivity index (χ3v) is 2.89. The molecule has 1 aromatic carbocycles. The monoisotopic (exact) mass is 313 g/mol. The molecule has 0 fully saturated rings. The highest BCUT2D eigenvalue weighted by Gasteiger charge is 2.31. The Balaban J connectivity index is 2.01. The van der Waals surface area contributed by atoms with Crippen LogP contribution in [0.15, 0.2) is 42.6 Å². The maximum atomic E-state index is 12.1. The molecule has 0 bridgehead atoms. The zero-order chi connectivity index (χ0) is 15.0. The van der Waals surface area contributed by atoms with E-state index in [1.807, 2.05) is 0 Å². The number of hydrogen-bond donors (Lipinski definition) is 0. The first-order valence-electron chi connectivity index (χ1n) is 5.79. The van der Waals surface area contributed by atoms with Gasteiger partial charge in [0.2, 0.25) is 5.28 Å². The van der Waals surface area contributed by atoms with E-state index in [0.717, 1.165) is 0 Å². The minimum atomic E-state index is -4.71. The molecule has 0 spiro atoms. The average Bonchev–Trinajstić information content (AvgIpc) is 2.85. The predicted octanol–water partition coefficient (Wildman–Crippen LogP) is 3.95. The summed E-state index contributed by atoms with van der Waals surface area (Å²) in [6.45, 7) is 0. The minimum Gasteiger partial charge on any atom is -0.406 e. The number of aromatic nitrogens is 3. The highest BCUT2D eigenvalue weighted by atomic mass is 35.5. The zero-order valence-corrected chi connectivity index (χ0v) is 11.1. The summed E-state index contributed by atoms with van der Waals surface area (Å²) in [5, 5.41) is 4.03. The molecular weight excluding hydrogens is 307 g/mol. The van der Waals surface area contributed by atoms with Crippen LogP contribution in [0.4, 0.5) is 13.2 Å². The van der Waals surface area contributed by atoms with Crippen molar-refractivity contribution < 1.29 is 17.9 Å². The van der Waals surface area contributed by atoms with E-state index in [1.165, 1.54) is 24.3 Å². The Morgan fingerprint density at radius 2 is 1.81 bits per heavy atom. The quantitative estimate of drug-likeness (QED) is 0.719. The van der Waals surface area contributed by atoms with Crippen molar-refractivity contribution in [1.82, 2.24) is 14.6 Å². The van der Waals surface area contributed by atoms with Crippen LogP contribution < -0.4 is 4.74 Å². The minimum absolute atomic E-state index is 0.0457. The van der Waals surface area contributed by atoms with E-state index in [-0.39, 0.29) is 11.0 Å². The van der Waals surface area contributed by atoms with Crippen LogP contribution in [0.2, 0.25) is 5.28 Å². The fourth-order valence-corrected chi connectivity index (χ4v) is 2.10. The largest absolute Gasteiger partial charge is 0.573 e. The topological polar surface area (TPSA) is 39.4 Å². The lowest BCUT2D eigenvalue weighted by atomic mass is 10.1. The van der Waals surface area contributed by atoms with Crippen LogP contribution in [0, 0.1) is 0 Å². The SMILES string of the molecule is FC(F)(F)Oc1ccc(-c2nc(Cl)nn3cccc23)cc1. The van der Waals surface area contributed by atoms with Crippen LogP contribution in [0.25, 0.3) is 16.8 Å². The lowest BCUT2D eigenvalue weighted by Gasteiger charge is -2.09. The first-order valence-corrected chi connectivity index (χ1v) is 6.17. The molecule has 21 heavy (non-hydrogen) atoms. The van der Waals surface area contributed by atoms with Crippen LogP contribution in [0.5, 0.6) is 5.75 Å². The molecule has 0 aliphatic heterocycles. The fourth-order valence-electron chi connectivity index (χ4n) is 1.93. The molecule has 4 nitrogen and oxygen atoms in total. The molecule has 2 aromatic heterocycles. The molecule has 0 amide bonds. The maximum absolute atomic E-state index is 12.1. The fraction of sp³-hybridized carbons (Fsp3) is 0.0769. The number of ether oxygens (including phenoxy) is 1. The Kier molecular flexibility index (Phi) is 3.21. The maximum Gasteiger partial charge on any atom is 0.573 e. The Morgan fingerprint density at radius 3 is 2.48 bits per heavy atom. The Bertz CT molecular complexity index is 783.